The van der Waals surface area contributed by atoms with Gasteiger partial charge in [-0.25, -0.2) is 4.79 Å². The van der Waals surface area contributed by atoms with Crippen LogP contribution in [-0.2, 0) is 29.6 Å². The van der Waals surface area contributed by atoms with Crippen molar-refractivity contribution in [1.82, 2.24) is 9.55 Å². The fraction of sp³-hybridized carbons (Fsp3) is 0.389. The number of hydrogen-bond donors (Lipinski definition) is 3. The number of aliphatic carboxylic acids is 1. The van der Waals surface area contributed by atoms with Crippen molar-refractivity contribution in [2.75, 3.05) is 12.3 Å². The van der Waals surface area contributed by atoms with Crippen molar-refractivity contribution in [3.63, 3.8) is 0 Å². The van der Waals surface area contributed by atoms with Crippen LogP contribution < -0.4 is 80.5 Å². The average Bonchev–Trinajstić information content (AvgIpc) is 3.01. The van der Waals surface area contributed by atoms with Crippen LogP contribution in [0.2, 0.25) is 0 Å². The minimum absolute atomic E-state index is 0. The summed E-state index contributed by atoms with van der Waals surface area (Å²) in [5.74, 6) is -1.84. The summed E-state index contributed by atoms with van der Waals surface area (Å²) < 4.78 is 27.6. The van der Waals surface area contributed by atoms with Gasteiger partial charge in [-0.05, 0) is 11.6 Å². The predicted molar refractivity (Wildman–Crippen MR) is 102 cm³/mol. The molecule has 1 unspecified atom stereocenters. The third-order valence-corrected chi connectivity index (χ3v) is 5.62. The van der Waals surface area contributed by atoms with Crippen LogP contribution >= 0.6 is 7.82 Å². The van der Waals surface area contributed by atoms with E-state index in [4.69, 9.17) is 10.5 Å². The molecule has 2 heterocycles. The number of nitrogen functional groups attached to an aromatic ring is 1. The third-order valence-electron chi connectivity index (χ3n) is 4.64. The van der Waals surface area contributed by atoms with Gasteiger partial charge in [-0.1, -0.05) is 30.3 Å². The molecule has 0 spiro atoms. The Kier molecular flexibility index (Phi) is 12.6. The van der Waals surface area contributed by atoms with Crippen molar-refractivity contribution < 1.29 is 102 Å². The molecule has 174 valence electrons. The molecule has 1 aromatic carbocycles. The van der Waals surface area contributed by atoms with Crippen molar-refractivity contribution in [1.29, 1.82) is 0 Å². The van der Waals surface area contributed by atoms with Gasteiger partial charge >= 0.3 is 64.8 Å². The summed E-state index contributed by atoms with van der Waals surface area (Å²) >= 11 is 0. The number of aromatic nitrogens is 2. The first-order valence-corrected chi connectivity index (χ1v) is 10.8. The largest absolute Gasteiger partial charge is 1.00 e. The first kappa shape index (κ1) is 31.4. The molecule has 13 nitrogen and oxygen atoms in total. The number of phosphoric ester groups is 1. The van der Waals surface area contributed by atoms with E-state index >= 15 is 0 Å². The first-order valence-electron chi connectivity index (χ1n) is 9.32. The van der Waals surface area contributed by atoms with Gasteiger partial charge in [0.15, 0.2) is 6.23 Å². The molecule has 1 saturated heterocycles. The van der Waals surface area contributed by atoms with E-state index in [0.717, 1.165) is 4.57 Å². The average molecular weight is 515 g/mol. The monoisotopic (exact) mass is 515 g/mol. The van der Waals surface area contributed by atoms with Gasteiger partial charge in [-0.2, -0.15) is 4.98 Å². The number of carbonyl (C=O) groups is 1. The summed E-state index contributed by atoms with van der Waals surface area (Å²) in [6.07, 6.45) is -6.99. The number of benzene rings is 1. The molecule has 0 bridgehead atoms. The van der Waals surface area contributed by atoms with E-state index in [1.54, 1.807) is 30.3 Å². The number of hydrogen-bond acceptors (Lipinski definition) is 12. The van der Waals surface area contributed by atoms with Crippen molar-refractivity contribution in [3.05, 3.63) is 58.6 Å². The maximum Gasteiger partial charge on any atom is 1.00 e. The number of ether oxygens (including phenoxy) is 1. The number of aliphatic hydroxyl groups excluding tert-OH is 2. The van der Waals surface area contributed by atoms with Gasteiger partial charge in [0.05, 0.1) is 12.6 Å². The van der Waals surface area contributed by atoms with Crippen LogP contribution in [0.4, 0.5) is 5.82 Å². The smallest absolute Gasteiger partial charge is 0.756 e. The minimum Gasteiger partial charge on any atom is -0.756 e. The van der Waals surface area contributed by atoms with Gasteiger partial charge in [0.2, 0.25) is 0 Å². The van der Waals surface area contributed by atoms with E-state index < -0.39 is 56.7 Å². The fourth-order valence-corrected chi connectivity index (χ4v) is 3.92. The van der Waals surface area contributed by atoms with E-state index in [2.05, 4.69) is 14.0 Å². The predicted octanol–water partition coefficient (Wildman–Crippen LogP) is -8.68. The molecule has 0 aliphatic carbocycles. The quantitative estimate of drug-likeness (QED) is 0.210. The van der Waals surface area contributed by atoms with Crippen LogP contribution in [0.1, 0.15) is 11.8 Å². The van der Waals surface area contributed by atoms with E-state index in [1.165, 1.54) is 12.3 Å². The molecule has 0 amide bonds. The van der Waals surface area contributed by atoms with E-state index in [1.807, 2.05) is 0 Å². The van der Waals surface area contributed by atoms with Gasteiger partial charge < -0.3 is 44.5 Å². The number of rotatable bonds is 9. The molecule has 1 aliphatic heterocycles. The minimum atomic E-state index is -5.19. The second-order valence-electron chi connectivity index (χ2n) is 6.93. The van der Waals surface area contributed by atoms with Crippen molar-refractivity contribution in [3.8, 4) is 0 Å². The molecule has 1 aromatic heterocycles. The van der Waals surface area contributed by atoms with Crippen LogP contribution in [-0.4, -0.2) is 56.8 Å². The molecule has 0 radical (unpaired) electrons. The number of nitrogens with zero attached hydrogens (tertiary/aromatic N) is 2. The molecule has 0 saturated carbocycles. The topological polar surface area (TPSA) is 209 Å². The number of anilines is 1. The SMILES string of the molecule is Nc1ccn([C@@H]2O[C@H](COP(=O)([O-])O[C@@H](Cc3ccccc3)C(=O)[O-])[C@@H](O)[C@H]2O)c(=O)n1.[Na+].[Na+]. The Bertz CT molecular complexity index is 1060. The Labute approximate surface area is 238 Å². The second-order valence-corrected chi connectivity index (χ2v) is 8.30. The number of carbonyl (C=O) groups excluding carboxylic acids is 1. The van der Waals surface area contributed by atoms with E-state index in [9.17, 15) is 34.4 Å². The van der Waals surface area contributed by atoms with Crippen molar-refractivity contribution >= 4 is 19.6 Å². The Balaban J connectivity index is 0.00000289. The van der Waals surface area contributed by atoms with Crippen LogP contribution in [0, 0.1) is 0 Å². The summed E-state index contributed by atoms with van der Waals surface area (Å²) in [4.78, 5) is 38.8. The molecule has 1 aliphatic rings. The molecular weight excluding hydrogens is 495 g/mol. The fourth-order valence-electron chi connectivity index (χ4n) is 3.06. The zero-order valence-corrected chi connectivity index (χ0v) is 23.3. The Morgan fingerprint density at radius 3 is 2.47 bits per heavy atom. The zero-order valence-electron chi connectivity index (χ0n) is 18.4. The Morgan fingerprint density at radius 2 is 1.88 bits per heavy atom. The van der Waals surface area contributed by atoms with Crippen LogP contribution in [0.5, 0.6) is 0 Å². The molecule has 1 fully saturated rings. The van der Waals surface area contributed by atoms with Crippen LogP contribution in [0.15, 0.2) is 47.4 Å². The summed E-state index contributed by atoms with van der Waals surface area (Å²) in [6.45, 7) is -0.822. The van der Waals surface area contributed by atoms with Gasteiger partial charge in [0, 0.05) is 12.6 Å². The van der Waals surface area contributed by atoms with Gasteiger partial charge in [-0.15, -0.1) is 0 Å². The van der Waals surface area contributed by atoms with E-state index in [-0.39, 0.29) is 71.4 Å². The summed E-state index contributed by atoms with van der Waals surface area (Å²) in [6, 6.07) is 9.39. The molecule has 16 heteroatoms. The number of nitrogens with two attached hydrogens (primary N) is 1. The van der Waals surface area contributed by atoms with E-state index in [0.29, 0.717) is 5.56 Å². The maximum absolute atomic E-state index is 12.1. The Morgan fingerprint density at radius 1 is 1.24 bits per heavy atom. The molecule has 3 rings (SSSR count). The van der Waals surface area contributed by atoms with Crippen molar-refractivity contribution in [2.45, 2.75) is 37.1 Å². The molecule has 2 aromatic rings. The number of aliphatic hydroxyl groups is 2. The summed E-state index contributed by atoms with van der Waals surface area (Å²) in [5, 5.41) is 31.6. The maximum atomic E-state index is 12.1. The molecular formula is C18H20N3Na2O10P. The summed E-state index contributed by atoms with van der Waals surface area (Å²) in [5.41, 5.74) is 5.03. The van der Waals surface area contributed by atoms with Gasteiger partial charge in [-0.3, -0.25) is 9.13 Å². The third kappa shape index (κ3) is 8.20. The van der Waals surface area contributed by atoms with Gasteiger partial charge in [0.25, 0.3) is 7.82 Å². The van der Waals surface area contributed by atoms with Crippen LogP contribution in [0.25, 0.3) is 0 Å². The number of carboxylic acids is 1. The molecule has 4 N–H and O–H groups in total. The zero-order chi connectivity index (χ0) is 23.5. The molecule has 6 atom stereocenters. The van der Waals surface area contributed by atoms with Crippen LogP contribution in [0.3, 0.4) is 0 Å². The summed E-state index contributed by atoms with van der Waals surface area (Å²) in [7, 11) is -5.19. The number of carboxylic acid groups (broad SMARTS) is 1. The number of phosphoric acid groups is 1. The molecule has 34 heavy (non-hydrogen) atoms. The Hall–Kier alpha value is -0.640. The van der Waals surface area contributed by atoms with Gasteiger partial charge in [0.1, 0.15) is 30.2 Å². The second kappa shape index (κ2) is 13.6. The normalized spacial score (nSPS) is 24.3. The van der Waals surface area contributed by atoms with Crippen molar-refractivity contribution in [2.24, 2.45) is 0 Å². The standard InChI is InChI=1S/C18H22N3O10P.2Na/c19-13-6-7-21(18(26)20-13)16-15(23)14(22)12(30-16)9-29-32(27,28)31-11(17(24)25)8-10-4-2-1-3-5-10;;/h1-7,11-12,14-16,22-23H,8-9H2,(H,24,25)(H,27,28)(H2,19,20,26);;/q;2*+1/p-2/t11-,12+,14+,15+,16+;;/m0../s1. The first-order chi connectivity index (χ1) is 15.1.